The highest BCUT2D eigenvalue weighted by molar-refractivity contribution is 7.99. The van der Waals surface area contributed by atoms with Gasteiger partial charge in [-0.25, -0.2) is 0 Å². The zero-order valence-electron chi connectivity index (χ0n) is 13.4. The van der Waals surface area contributed by atoms with E-state index < -0.39 is 0 Å². The summed E-state index contributed by atoms with van der Waals surface area (Å²) in [7, 11) is 0. The van der Waals surface area contributed by atoms with Gasteiger partial charge in [-0.1, -0.05) is 12.1 Å². The van der Waals surface area contributed by atoms with Crippen molar-refractivity contribution in [3.05, 3.63) is 35.4 Å². The molecule has 1 amide bonds. The van der Waals surface area contributed by atoms with Crippen LogP contribution >= 0.6 is 11.8 Å². The highest BCUT2D eigenvalue weighted by Crippen LogP contribution is 2.33. The van der Waals surface area contributed by atoms with E-state index in [1.165, 1.54) is 5.75 Å². The number of nitrogens with two attached hydrogens (primary N) is 1. The number of amides is 1. The van der Waals surface area contributed by atoms with Crippen LogP contribution in [-0.2, 0) is 11.3 Å². The first-order chi connectivity index (χ1) is 11.2. The zero-order valence-corrected chi connectivity index (χ0v) is 14.2. The molecule has 0 spiro atoms. The highest BCUT2D eigenvalue weighted by atomic mass is 32.2. The molecule has 3 rings (SSSR count). The van der Waals surface area contributed by atoms with Gasteiger partial charge in [-0.05, 0) is 29.9 Å². The summed E-state index contributed by atoms with van der Waals surface area (Å²) >= 11 is 1.98. The van der Waals surface area contributed by atoms with Gasteiger partial charge in [0.2, 0.25) is 0 Å². The Bertz CT molecular complexity index is 523. The van der Waals surface area contributed by atoms with Crippen LogP contribution in [-0.4, -0.2) is 60.7 Å². The first-order valence-corrected chi connectivity index (χ1v) is 9.37. The summed E-state index contributed by atoms with van der Waals surface area (Å²) in [6.45, 7) is 4.71. The van der Waals surface area contributed by atoms with E-state index in [4.69, 9.17) is 10.5 Å². The molecule has 0 bridgehead atoms. The lowest BCUT2D eigenvalue weighted by Gasteiger charge is -2.43. The largest absolute Gasteiger partial charge is 0.379 e. The summed E-state index contributed by atoms with van der Waals surface area (Å²) < 4.78 is 5.47. The molecular formula is C17H25N3O2S. The number of morpholine rings is 1. The van der Waals surface area contributed by atoms with Crippen LogP contribution < -0.4 is 11.1 Å². The Hall–Kier alpha value is -1.08. The first kappa shape index (κ1) is 16.8. The maximum atomic E-state index is 12.4. The Morgan fingerprint density at radius 1 is 1.30 bits per heavy atom. The maximum absolute atomic E-state index is 12.4. The normalized spacial score (nSPS) is 25.4. The molecule has 23 heavy (non-hydrogen) atoms. The van der Waals surface area contributed by atoms with Crippen molar-refractivity contribution in [2.24, 2.45) is 5.73 Å². The van der Waals surface area contributed by atoms with Crippen LogP contribution in [0.15, 0.2) is 24.3 Å². The van der Waals surface area contributed by atoms with E-state index in [0.717, 1.165) is 44.0 Å². The van der Waals surface area contributed by atoms with E-state index in [1.54, 1.807) is 0 Å². The maximum Gasteiger partial charge on any atom is 0.251 e. The Morgan fingerprint density at radius 2 is 2.04 bits per heavy atom. The fraction of sp³-hybridized carbons (Fsp3) is 0.588. The van der Waals surface area contributed by atoms with Gasteiger partial charge in [0, 0.05) is 43.0 Å². The quantitative estimate of drug-likeness (QED) is 0.843. The lowest BCUT2D eigenvalue weighted by atomic mass is 9.95. The molecule has 0 aliphatic carbocycles. The van der Waals surface area contributed by atoms with Crippen LogP contribution in [0.5, 0.6) is 0 Å². The van der Waals surface area contributed by atoms with E-state index in [9.17, 15) is 4.79 Å². The summed E-state index contributed by atoms with van der Waals surface area (Å²) in [5, 5.41) is 3.15. The average Bonchev–Trinajstić information content (AvgIpc) is 3.11. The molecule has 1 atom stereocenters. The van der Waals surface area contributed by atoms with Gasteiger partial charge < -0.3 is 15.8 Å². The van der Waals surface area contributed by atoms with Crippen molar-refractivity contribution >= 4 is 17.7 Å². The third-order valence-corrected chi connectivity index (χ3v) is 6.03. The molecule has 1 aromatic carbocycles. The number of hydrogen-bond acceptors (Lipinski definition) is 5. The fourth-order valence-electron chi connectivity index (χ4n) is 3.27. The minimum absolute atomic E-state index is 0.00175. The molecule has 1 unspecified atom stereocenters. The molecule has 1 aromatic rings. The highest BCUT2D eigenvalue weighted by Gasteiger charge is 2.40. The number of ether oxygens (including phenoxy) is 1. The van der Waals surface area contributed by atoms with Gasteiger partial charge in [0.15, 0.2) is 0 Å². The molecule has 2 fully saturated rings. The van der Waals surface area contributed by atoms with Crippen molar-refractivity contribution in [1.82, 2.24) is 10.2 Å². The van der Waals surface area contributed by atoms with Crippen LogP contribution in [0.2, 0.25) is 0 Å². The lowest BCUT2D eigenvalue weighted by Crippen LogP contribution is -2.59. The van der Waals surface area contributed by atoms with Crippen molar-refractivity contribution in [2.45, 2.75) is 18.5 Å². The molecule has 2 heterocycles. The number of nitrogens with zero attached hydrogens (tertiary/aromatic N) is 1. The second-order valence-corrected chi connectivity index (χ2v) is 7.32. The Labute approximate surface area is 141 Å². The minimum Gasteiger partial charge on any atom is -0.379 e. The van der Waals surface area contributed by atoms with Gasteiger partial charge >= 0.3 is 0 Å². The van der Waals surface area contributed by atoms with E-state index in [0.29, 0.717) is 18.7 Å². The second-order valence-electron chi connectivity index (χ2n) is 6.21. The molecule has 0 saturated carbocycles. The van der Waals surface area contributed by atoms with E-state index in [-0.39, 0.29) is 11.4 Å². The number of nitrogens with one attached hydrogen (secondary N) is 1. The van der Waals surface area contributed by atoms with Crippen molar-refractivity contribution < 1.29 is 9.53 Å². The summed E-state index contributed by atoms with van der Waals surface area (Å²) in [5.41, 5.74) is 7.42. The monoisotopic (exact) mass is 335 g/mol. The van der Waals surface area contributed by atoms with E-state index in [1.807, 2.05) is 36.0 Å². The lowest BCUT2D eigenvalue weighted by molar-refractivity contribution is -0.0129. The Morgan fingerprint density at radius 3 is 2.65 bits per heavy atom. The summed E-state index contributed by atoms with van der Waals surface area (Å²) in [6.07, 6.45) is 1.13. The third kappa shape index (κ3) is 3.88. The molecule has 6 heteroatoms. The molecule has 2 aliphatic rings. The van der Waals surface area contributed by atoms with Crippen LogP contribution in [0.4, 0.5) is 0 Å². The number of benzene rings is 1. The zero-order chi connectivity index (χ0) is 16.1. The fourth-order valence-corrected chi connectivity index (χ4v) is 4.75. The average molecular weight is 335 g/mol. The Balaban J connectivity index is 1.62. The number of carbonyl (C=O) groups excluding carboxylic acids is 1. The first-order valence-electron chi connectivity index (χ1n) is 8.21. The van der Waals surface area contributed by atoms with Gasteiger partial charge in [-0.3, -0.25) is 9.69 Å². The molecule has 0 radical (unpaired) electrons. The van der Waals surface area contributed by atoms with Crippen LogP contribution in [0.3, 0.4) is 0 Å². The van der Waals surface area contributed by atoms with Crippen molar-refractivity contribution in [1.29, 1.82) is 0 Å². The number of hydrogen-bond donors (Lipinski definition) is 2. The number of thioether (sulfide) groups is 1. The molecular weight excluding hydrogens is 310 g/mol. The van der Waals surface area contributed by atoms with Gasteiger partial charge in [0.1, 0.15) is 0 Å². The van der Waals surface area contributed by atoms with E-state index in [2.05, 4.69) is 10.2 Å². The number of rotatable bonds is 5. The van der Waals surface area contributed by atoms with Gasteiger partial charge in [-0.15, -0.1) is 0 Å². The topological polar surface area (TPSA) is 67.6 Å². The van der Waals surface area contributed by atoms with Crippen molar-refractivity contribution in [3.63, 3.8) is 0 Å². The van der Waals surface area contributed by atoms with Crippen LogP contribution in [0, 0.1) is 0 Å². The molecule has 5 nitrogen and oxygen atoms in total. The molecule has 0 aromatic heterocycles. The predicted octanol–water partition coefficient (Wildman–Crippen LogP) is 1.08. The summed E-state index contributed by atoms with van der Waals surface area (Å²) in [5.74, 6) is 2.25. The van der Waals surface area contributed by atoms with Gasteiger partial charge in [0.25, 0.3) is 5.91 Å². The van der Waals surface area contributed by atoms with Gasteiger partial charge in [0.05, 0.1) is 13.2 Å². The van der Waals surface area contributed by atoms with Crippen LogP contribution in [0.25, 0.3) is 0 Å². The third-order valence-electron chi connectivity index (χ3n) is 4.79. The molecule has 126 valence electrons. The predicted molar refractivity (Wildman–Crippen MR) is 93.7 cm³/mol. The smallest absolute Gasteiger partial charge is 0.251 e. The number of carbonyl (C=O) groups is 1. The second kappa shape index (κ2) is 7.66. The summed E-state index contributed by atoms with van der Waals surface area (Å²) in [6, 6.07) is 7.53. The van der Waals surface area contributed by atoms with Gasteiger partial charge in [-0.2, -0.15) is 11.8 Å². The molecule has 2 aliphatic heterocycles. The van der Waals surface area contributed by atoms with Crippen LogP contribution in [0.1, 0.15) is 22.3 Å². The van der Waals surface area contributed by atoms with Crippen molar-refractivity contribution in [3.8, 4) is 0 Å². The van der Waals surface area contributed by atoms with E-state index >= 15 is 0 Å². The Kier molecular flexibility index (Phi) is 5.58. The summed E-state index contributed by atoms with van der Waals surface area (Å²) in [4.78, 5) is 14.9. The molecule has 2 saturated heterocycles. The minimum atomic E-state index is -0.00175. The standard InChI is InChI=1S/C17H25N3O2S/c18-11-14-1-3-15(4-2-14)16(21)19-12-17(5-10-23-13-17)20-6-8-22-9-7-20/h1-4H,5-13,18H2,(H,19,21). The molecule has 3 N–H and O–H groups in total. The van der Waals surface area contributed by atoms with Crippen molar-refractivity contribution in [2.75, 3.05) is 44.4 Å². The SMILES string of the molecule is NCc1ccc(C(=O)NCC2(N3CCOCC3)CCSC2)cc1.